The van der Waals surface area contributed by atoms with Gasteiger partial charge in [-0.3, -0.25) is 0 Å². The summed E-state index contributed by atoms with van der Waals surface area (Å²) in [5, 5.41) is 8.98. The zero-order chi connectivity index (χ0) is 14.3. The van der Waals surface area contributed by atoms with Gasteiger partial charge in [0.15, 0.2) is 0 Å². The van der Waals surface area contributed by atoms with Gasteiger partial charge in [-0.2, -0.15) is 5.26 Å². The van der Waals surface area contributed by atoms with Gasteiger partial charge in [0.1, 0.15) is 0 Å². The predicted molar refractivity (Wildman–Crippen MR) is 82.0 cm³/mol. The van der Waals surface area contributed by atoms with Gasteiger partial charge in [0.05, 0.1) is 11.5 Å². The third-order valence-corrected chi connectivity index (χ3v) is 3.40. The van der Waals surface area contributed by atoms with Crippen LogP contribution in [0.4, 0.5) is 11.4 Å². The number of rotatable bonds is 7. The third-order valence-electron chi connectivity index (χ3n) is 3.40. The van der Waals surface area contributed by atoms with E-state index < -0.39 is 0 Å². The van der Waals surface area contributed by atoms with Gasteiger partial charge in [0.2, 0.25) is 0 Å². The molecule has 0 radical (unpaired) electrons. The molecule has 0 heterocycles. The fourth-order valence-electron chi connectivity index (χ4n) is 2.12. The Morgan fingerprint density at radius 1 is 1.32 bits per heavy atom. The van der Waals surface area contributed by atoms with Crippen LogP contribution < -0.4 is 10.6 Å². The molecule has 0 aliphatic carbocycles. The van der Waals surface area contributed by atoms with Crippen LogP contribution in [0, 0.1) is 16.7 Å². The Morgan fingerprint density at radius 3 is 2.63 bits per heavy atom. The first-order chi connectivity index (χ1) is 8.98. The summed E-state index contributed by atoms with van der Waals surface area (Å²) in [5.74, 6) is 0. The number of nitrogens with zero attached hydrogens (tertiary/aromatic N) is 2. The van der Waals surface area contributed by atoms with Crippen molar-refractivity contribution in [1.29, 1.82) is 5.26 Å². The smallest absolute Gasteiger partial charge is 0.0683 e. The van der Waals surface area contributed by atoms with Crippen molar-refractivity contribution in [3.8, 4) is 6.07 Å². The highest BCUT2D eigenvalue weighted by atomic mass is 15.1. The molecule has 0 fully saturated rings. The maximum absolute atomic E-state index is 8.98. The third kappa shape index (κ3) is 5.21. The van der Waals surface area contributed by atoms with Crippen LogP contribution in [0.5, 0.6) is 0 Å². The summed E-state index contributed by atoms with van der Waals surface area (Å²) in [5.41, 5.74) is 7.61. The molecule has 0 spiro atoms. The van der Waals surface area contributed by atoms with Crippen molar-refractivity contribution >= 4 is 11.4 Å². The number of nitriles is 1. The van der Waals surface area contributed by atoms with Gasteiger partial charge in [0, 0.05) is 24.5 Å². The first kappa shape index (κ1) is 15.4. The van der Waals surface area contributed by atoms with Crippen molar-refractivity contribution in [3.05, 3.63) is 24.3 Å². The van der Waals surface area contributed by atoms with Crippen LogP contribution in [0.2, 0.25) is 0 Å². The summed E-state index contributed by atoms with van der Waals surface area (Å²) >= 11 is 0. The van der Waals surface area contributed by atoms with E-state index in [1.807, 2.05) is 32.0 Å². The number of anilines is 2. The van der Waals surface area contributed by atoms with Crippen LogP contribution >= 0.6 is 0 Å². The lowest BCUT2D eigenvalue weighted by Gasteiger charge is -2.24. The molecule has 1 aromatic rings. The van der Waals surface area contributed by atoms with Gasteiger partial charge >= 0.3 is 0 Å². The van der Waals surface area contributed by atoms with E-state index in [-0.39, 0.29) is 5.41 Å². The Morgan fingerprint density at radius 2 is 2.05 bits per heavy atom. The Hall–Kier alpha value is -1.69. The van der Waals surface area contributed by atoms with E-state index in [0.29, 0.717) is 0 Å². The molecule has 0 unspecified atom stereocenters. The lowest BCUT2D eigenvalue weighted by Crippen LogP contribution is -2.24. The molecule has 0 amide bonds. The van der Waals surface area contributed by atoms with Gasteiger partial charge in [0.25, 0.3) is 0 Å². The molecular formula is C16H25N3. The highest BCUT2D eigenvalue weighted by molar-refractivity contribution is 5.55. The van der Waals surface area contributed by atoms with Crippen LogP contribution in [-0.2, 0) is 0 Å². The molecule has 2 N–H and O–H groups in total. The SMILES string of the molecule is CCN(CCCCC(C)(C)C#N)c1cccc(N)c1. The van der Waals surface area contributed by atoms with Crippen LogP contribution in [-0.4, -0.2) is 13.1 Å². The molecule has 19 heavy (non-hydrogen) atoms. The standard InChI is InChI=1S/C16H25N3/c1-4-19(15-9-7-8-14(18)12-15)11-6-5-10-16(2,3)13-17/h7-9,12H,4-6,10-11,18H2,1-3H3. The highest BCUT2D eigenvalue weighted by Gasteiger charge is 2.15. The number of unbranched alkanes of at least 4 members (excludes halogenated alkanes) is 1. The molecule has 1 rings (SSSR count). The van der Waals surface area contributed by atoms with Crippen molar-refractivity contribution in [2.45, 2.75) is 40.0 Å². The fraction of sp³-hybridized carbons (Fsp3) is 0.562. The molecule has 3 heteroatoms. The number of hydrogen-bond donors (Lipinski definition) is 1. The molecule has 104 valence electrons. The Balaban J connectivity index is 2.44. The lowest BCUT2D eigenvalue weighted by atomic mass is 9.89. The number of nitrogens with two attached hydrogens (primary N) is 1. The number of nitrogen functional groups attached to an aromatic ring is 1. The normalized spacial score (nSPS) is 11.1. The molecule has 0 saturated heterocycles. The maximum atomic E-state index is 8.98. The monoisotopic (exact) mass is 259 g/mol. The van der Waals surface area contributed by atoms with Crippen molar-refractivity contribution in [2.75, 3.05) is 23.7 Å². The van der Waals surface area contributed by atoms with E-state index in [1.54, 1.807) is 0 Å². The lowest BCUT2D eigenvalue weighted by molar-refractivity contribution is 0.427. The van der Waals surface area contributed by atoms with E-state index in [1.165, 1.54) is 5.69 Å². The van der Waals surface area contributed by atoms with Crippen LogP contribution in [0.25, 0.3) is 0 Å². The minimum atomic E-state index is -0.200. The second-order valence-electron chi connectivity index (χ2n) is 5.63. The van der Waals surface area contributed by atoms with E-state index in [4.69, 9.17) is 11.0 Å². The Bertz CT molecular complexity index is 432. The summed E-state index contributed by atoms with van der Waals surface area (Å²) in [4.78, 5) is 2.33. The van der Waals surface area contributed by atoms with Gasteiger partial charge < -0.3 is 10.6 Å². The summed E-state index contributed by atoms with van der Waals surface area (Å²) < 4.78 is 0. The quantitative estimate of drug-likeness (QED) is 0.598. The Kier molecular flexibility index (Phi) is 5.69. The fourth-order valence-corrected chi connectivity index (χ4v) is 2.12. The van der Waals surface area contributed by atoms with Crippen molar-refractivity contribution < 1.29 is 0 Å². The van der Waals surface area contributed by atoms with E-state index in [0.717, 1.165) is 38.0 Å². The topological polar surface area (TPSA) is 53.0 Å². The van der Waals surface area contributed by atoms with E-state index in [2.05, 4.69) is 24.0 Å². The molecule has 0 saturated carbocycles. The number of benzene rings is 1. The molecule has 0 bridgehead atoms. The number of hydrogen-bond acceptors (Lipinski definition) is 3. The second-order valence-corrected chi connectivity index (χ2v) is 5.63. The summed E-state index contributed by atoms with van der Waals surface area (Å²) in [6.45, 7) is 8.15. The minimum Gasteiger partial charge on any atom is -0.399 e. The van der Waals surface area contributed by atoms with Crippen LogP contribution in [0.15, 0.2) is 24.3 Å². The van der Waals surface area contributed by atoms with Crippen molar-refractivity contribution in [1.82, 2.24) is 0 Å². The maximum Gasteiger partial charge on any atom is 0.0683 e. The summed E-state index contributed by atoms with van der Waals surface area (Å²) in [6.07, 6.45) is 3.14. The molecule has 0 aliphatic rings. The largest absolute Gasteiger partial charge is 0.399 e. The molecule has 0 aromatic heterocycles. The zero-order valence-corrected chi connectivity index (χ0v) is 12.3. The van der Waals surface area contributed by atoms with E-state index in [9.17, 15) is 0 Å². The average Bonchev–Trinajstić information content (AvgIpc) is 2.39. The molecule has 0 atom stereocenters. The van der Waals surface area contributed by atoms with Crippen molar-refractivity contribution in [2.24, 2.45) is 5.41 Å². The van der Waals surface area contributed by atoms with Crippen LogP contribution in [0.3, 0.4) is 0 Å². The first-order valence-electron chi connectivity index (χ1n) is 7.00. The summed E-state index contributed by atoms with van der Waals surface area (Å²) in [6, 6.07) is 10.4. The van der Waals surface area contributed by atoms with E-state index >= 15 is 0 Å². The average molecular weight is 259 g/mol. The Labute approximate surface area is 117 Å². The minimum absolute atomic E-state index is 0.200. The molecule has 3 nitrogen and oxygen atoms in total. The van der Waals surface area contributed by atoms with Crippen LogP contribution in [0.1, 0.15) is 40.0 Å². The molecule has 0 aliphatic heterocycles. The zero-order valence-electron chi connectivity index (χ0n) is 12.3. The van der Waals surface area contributed by atoms with Gasteiger partial charge in [-0.25, -0.2) is 0 Å². The second kappa shape index (κ2) is 7.04. The predicted octanol–water partition coefficient (Wildman–Crippen LogP) is 3.82. The highest BCUT2D eigenvalue weighted by Crippen LogP contribution is 2.23. The van der Waals surface area contributed by atoms with Gasteiger partial charge in [-0.15, -0.1) is 0 Å². The van der Waals surface area contributed by atoms with Gasteiger partial charge in [-0.05, 0) is 51.8 Å². The molecule has 1 aromatic carbocycles. The first-order valence-corrected chi connectivity index (χ1v) is 7.00. The summed E-state index contributed by atoms with van der Waals surface area (Å²) in [7, 11) is 0. The van der Waals surface area contributed by atoms with Gasteiger partial charge in [-0.1, -0.05) is 12.5 Å². The van der Waals surface area contributed by atoms with Crippen molar-refractivity contribution in [3.63, 3.8) is 0 Å². The molecular weight excluding hydrogens is 234 g/mol.